The lowest BCUT2D eigenvalue weighted by Gasteiger charge is -2.25. The molecule has 0 aromatic carbocycles. The minimum absolute atomic E-state index is 0.293. The second-order valence-corrected chi connectivity index (χ2v) is 4.46. The van der Waals surface area contributed by atoms with Crippen LogP contribution in [0.5, 0.6) is 0 Å². The second kappa shape index (κ2) is 4.84. The largest absolute Gasteiger partial charge is 0.339 e. The lowest BCUT2D eigenvalue weighted by Crippen LogP contribution is -2.42. The van der Waals surface area contributed by atoms with Crippen molar-refractivity contribution in [3.63, 3.8) is 0 Å². The maximum absolute atomic E-state index is 11.5. The molecule has 1 unspecified atom stereocenters. The molecule has 1 saturated heterocycles. The first kappa shape index (κ1) is 12.3. The number of hydrogen-bond donors (Lipinski definition) is 1. The fourth-order valence-corrected chi connectivity index (χ4v) is 1.91. The number of carbonyl (C=O) groups is 2. The highest BCUT2D eigenvalue weighted by Gasteiger charge is 2.48. The van der Waals surface area contributed by atoms with Gasteiger partial charge in [-0.3, -0.25) is 10.1 Å². The fourth-order valence-electron chi connectivity index (χ4n) is 1.70. The molecule has 1 aliphatic rings. The first-order valence-electron chi connectivity index (χ1n) is 5.34. The lowest BCUT2D eigenvalue weighted by molar-refractivity contribution is -0.125. The number of carbonyl (C=O) groups excluding carboxylic acids is 2. The molecule has 0 radical (unpaired) electrons. The number of unbranched alkanes of at least 4 members (excludes halogenated alkanes) is 3. The van der Waals surface area contributed by atoms with Gasteiger partial charge in [0.05, 0.1) is 0 Å². The maximum Gasteiger partial charge on any atom is 0.339 e. The SMILES string of the molecule is CCCCCCC1(C)C(=O)NC(=O)N1Cl. The van der Waals surface area contributed by atoms with Crippen molar-refractivity contribution in [1.29, 1.82) is 0 Å². The number of urea groups is 1. The van der Waals surface area contributed by atoms with Gasteiger partial charge in [-0.05, 0) is 13.3 Å². The van der Waals surface area contributed by atoms with Gasteiger partial charge >= 0.3 is 6.03 Å². The Hall–Kier alpha value is -0.770. The molecule has 4 nitrogen and oxygen atoms in total. The first-order chi connectivity index (χ1) is 7.02. The number of amides is 3. The highest BCUT2D eigenvalue weighted by Crippen LogP contribution is 2.29. The summed E-state index contributed by atoms with van der Waals surface area (Å²) >= 11 is 5.78. The number of hydrogen-bond acceptors (Lipinski definition) is 2. The summed E-state index contributed by atoms with van der Waals surface area (Å²) in [5.41, 5.74) is -0.869. The van der Waals surface area contributed by atoms with Crippen molar-refractivity contribution in [2.75, 3.05) is 0 Å². The number of rotatable bonds is 5. The van der Waals surface area contributed by atoms with E-state index >= 15 is 0 Å². The Balaban J connectivity index is 2.50. The normalized spacial score (nSPS) is 25.9. The van der Waals surface area contributed by atoms with Crippen LogP contribution in [-0.2, 0) is 4.79 Å². The quantitative estimate of drug-likeness (QED) is 0.450. The molecule has 86 valence electrons. The van der Waals surface area contributed by atoms with Crippen molar-refractivity contribution >= 4 is 23.7 Å². The van der Waals surface area contributed by atoms with Crippen molar-refractivity contribution in [3.05, 3.63) is 0 Å². The summed E-state index contributed by atoms with van der Waals surface area (Å²) in [6.07, 6.45) is 4.89. The van der Waals surface area contributed by atoms with Crippen LogP contribution >= 0.6 is 11.8 Å². The minimum Gasteiger partial charge on any atom is -0.275 e. The van der Waals surface area contributed by atoms with Crippen LogP contribution in [-0.4, -0.2) is 21.9 Å². The molecule has 5 heteroatoms. The predicted octanol–water partition coefficient (Wildman–Crippen LogP) is 2.42. The van der Waals surface area contributed by atoms with Crippen LogP contribution in [0.15, 0.2) is 0 Å². The van der Waals surface area contributed by atoms with Crippen molar-refractivity contribution in [2.24, 2.45) is 0 Å². The number of halogens is 1. The third-order valence-electron chi connectivity index (χ3n) is 2.84. The summed E-state index contributed by atoms with van der Waals surface area (Å²) in [7, 11) is 0. The van der Waals surface area contributed by atoms with E-state index in [1.807, 2.05) is 0 Å². The third-order valence-corrected chi connectivity index (χ3v) is 3.36. The Morgan fingerprint density at radius 3 is 2.47 bits per heavy atom. The van der Waals surface area contributed by atoms with Gasteiger partial charge in [-0.15, -0.1) is 0 Å². The van der Waals surface area contributed by atoms with Gasteiger partial charge in [0.1, 0.15) is 5.54 Å². The zero-order valence-electron chi connectivity index (χ0n) is 9.18. The molecule has 0 aromatic heterocycles. The molecular weight excluding hydrogens is 216 g/mol. The van der Waals surface area contributed by atoms with Gasteiger partial charge in [-0.2, -0.15) is 0 Å². The topological polar surface area (TPSA) is 49.4 Å². The van der Waals surface area contributed by atoms with Crippen molar-refractivity contribution < 1.29 is 9.59 Å². The van der Waals surface area contributed by atoms with Gasteiger partial charge in [-0.1, -0.05) is 32.6 Å². The molecule has 1 atom stereocenters. The summed E-state index contributed by atoms with van der Waals surface area (Å²) in [6.45, 7) is 3.83. The molecule has 0 spiro atoms. The summed E-state index contributed by atoms with van der Waals surface area (Å²) in [5, 5.41) is 2.21. The Labute approximate surface area is 95.1 Å². The summed E-state index contributed by atoms with van der Waals surface area (Å²) < 4.78 is 0.987. The van der Waals surface area contributed by atoms with Gasteiger partial charge in [0.15, 0.2) is 0 Å². The number of nitrogens with one attached hydrogen (secondary N) is 1. The molecular formula is C10H17ClN2O2. The lowest BCUT2D eigenvalue weighted by atomic mass is 9.94. The molecule has 1 heterocycles. The van der Waals surface area contributed by atoms with E-state index in [-0.39, 0.29) is 5.91 Å². The van der Waals surface area contributed by atoms with Gasteiger partial charge < -0.3 is 0 Å². The maximum atomic E-state index is 11.5. The number of imide groups is 1. The Bertz CT molecular complexity index is 270. The third kappa shape index (κ3) is 2.43. The smallest absolute Gasteiger partial charge is 0.275 e. The van der Waals surface area contributed by atoms with Crippen LogP contribution in [0.4, 0.5) is 4.79 Å². The average molecular weight is 233 g/mol. The van der Waals surface area contributed by atoms with E-state index in [1.54, 1.807) is 6.92 Å². The van der Waals surface area contributed by atoms with Crippen molar-refractivity contribution in [2.45, 2.75) is 51.5 Å². The highest BCUT2D eigenvalue weighted by molar-refractivity contribution is 6.28. The molecule has 3 amide bonds. The zero-order valence-corrected chi connectivity index (χ0v) is 9.93. The van der Waals surface area contributed by atoms with E-state index in [9.17, 15) is 9.59 Å². The Morgan fingerprint density at radius 1 is 1.33 bits per heavy atom. The van der Waals surface area contributed by atoms with Crippen LogP contribution in [0.2, 0.25) is 0 Å². The predicted molar refractivity (Wildman–Crippen MR) is 58.4 cm³/mol. The van der Waals surface area contributed by atoms with E-state index in [0.29, 0.717) is 6.42 Å². The summed E-state index contributed by atoms with van der Waals surface area (Å²) in [5.74, 6) is -0.293. The Morgan fingerprint density at radius 2 is 2.00 bits per heavy atom. The van der Waals surface area contributed by atoms with Gasteiger partial charge in [0, 0.05) is 11.8 Å². The van der Waals surface area contributed by atoms with Crippen LogP contribution in [0.1, 0.15) is 46.0 Å². The Kier molecular flexibility index (Phi) is 3.97. The minimum atomic E-state index is -0.869. The number of nitrogens with zero attached hydrogens (tertiary/aromatic N) is 1. The summed E-state index contributed by atoms with van der Waals surface area (Å²) in [6, 6.07) is -0.514. The monoisotopic (exact) mass is 232 g/mol. The average Bonchev–Trinajstić information content (AvgIpc) is 2.39. The van der Waals surface area contributed by atoms with E-state index in [2.05, 4.69) is 12.2 Å². The standard InChI is InChI=1S/C10H17ClN2O2/c1-3-4-5-6-7-10(2)8(14)12-9(15)13(10)11/h3-7H2,1-2H3,(H,12,14,15). The van der Waals surface area contributed by atoms with E-state index in [1.165, 1.54) is 0 Å². The molecule has 15 heavy (non-hydrogen) atoms. The van der Waals surface area contributed by atoms with Crippen LogP contribution in [0, 0.1) is 0 Å². The molecule has 1 fully saturated rings. The first-order valence-corrected chi connectivity index (χ1v) is 5.67. The highest BCUT2D eigenvalue weighted by atomic mass is 35.5. The van der Waals surface area contributed by atoms with Gasteiger partial charge in [-0.25, -0.2) is 9.21 Å². The molecule has 1 N–H and O–H groups in total. The van der Waals surface area contributed by atoms with Crippen LogP contribution in [0.25, 0.3) is 0 Å². The summed E-state index contributed by atoms with van der Waals surface area (Å²) in [4.78, 5) is 22.7. The second-order valence-electron chi connectivity index (χ2n) is 4.12. The molecule has 0 aliphatic carbocycles. The fraction of sp³-hybridized carbons (Fsp3) is 0.800. The molecule has 0 saturated carbocycles. The van der Waals surface area contributed by atoms with Crippen LogP contribution < -0.4 is 5.32 Å². The molecule has 1 aliphatic heterocycles. The van der Waals surface area contributed by atoms with E-state index < -0.39 is 11.6 Å². The van der Waals surface area contributed by atoms with E-state index in [0.717, 1.165) is 30.1 Å². The molecule has 1 rings (SSSR count). The zero-order chi connectivity index (χ0) is 11.5. The van der Waals surface area contributed by atoms with Gasteiger partial charge in [0.2, 0.25) is 0 Å². The molecule has 0 bridgehead atoms. The molecule has 0 aromatic rings. The van der Waals surface area contributed by atoms with Crippen LogP contribution in [0.3, 0.4) is 0 Å². The van der Waals surface area contributed by atoms with E-state index in [4.69, 9.17) is 11.8 Å². The van der Waals surface area contributed by atoms with Gasteiger partial charge in [0.25, 0.3) is 5.91 Å². The van der Waals surface area contributed by atoms with Crippen molar-refractivity contribution in [1.82, 2.24) is 9.74 Å². The van der Waals surface area contributed by atoms with Crippen molar-refractivity contribution in [3.8, 4) is 0 Å².